The first-order chi connectivity index (χ1) is 13.5. The minimum atomic E-state index is -1.45. The van der Waals surface area contributed by atoms with E-state index in [4.69, 9.17) is 9.47 Å². The van der Waals surface area contributed by atoms with Crippen LogP contribution in [-0.4, -0.2) is 48.9 Å². The third-order valence-corrected chi connectivity index (χ3v) is 4.96. The van der Waals surface area contributed by atoms with Gasteiger partial charge in [-0.1, -0.05) is 28.1 Å². The minimum Gasteiger partial charge on any atom is -0.467 e. The fraction of sp³-hybridized carbons (Fsp3) is 0.550. The van der Waals surface area contributed by atoms with Crippen LogP contribution in [0.5, 0.6) is 0 Å². The predicted octanol–water partition coefficient (Wildman–Crippen LogP) is 2.85. The first-order valence-corrected chi connectivity index (χ1v) is 10.0. The normalized spacial score (nSPS) is 22.5. The van der Waals surface area contributed by atoms with Gasteiger partial charge < -0.3 is 24.8 Å². The van der Waals surface area contributed by atoms with Crippen LogP contribution in [0.2, 0.25) is 0 Å². The highest BCUT2D eigenvalue weighted by molar-refractivity contribution is 9.10. The molecule has 0 unspecified atom stereocenters. The summed E-state index contributed by atoms with van der Waals surface area (Å²) in [5, 5.41) is 5.33. The molecule has 2 rings (SSSR count). The molecule has 2 amide bonds. The van der Waals surface area contributed by atoms with Gasteiger partial charge in [-0.3, -0.25) is 4.79 Å². The molecule has 1 aliphatic heterocycles. The Balaban J connectivity index is 2.38. The SMILES string of the molecule is COC(=O)[C@@H](C)NC(=O)[C@]1(NC(=O)OC(C)(C)C)CCO[C@@H]1c1ccc(Br)cc1. The lowest BCUT2D eigenvalue weighted by molar-refractivity contribution is -0.145. The van der Waals surface area contributed by atoms with Gasteiger partial charge in [0.15, 0.2) is 5.54 Å². The summed E-state index contributed by atoms with van der Waals surface area (Å²) >= 11 is 3.38. The number of methoxy groups -OCH3 is 1. The standard InChI is InChI=1S/C20H27BrN2O6/c1-12(16(24)27-5)22-17(25)20(23-18(26)29-19(2,3)4)10-11-28-15(20)13-6-8-14(21)9-7-13/h6-9,12,15H,10-11H2,1-5H3,(H,22,25)(H,23,26)/t12-,15-,20+/m1/s1. The Labute approximate surface area is 178 Å². The molecular weight excluding hydrogens is 444 g/mol. The number of carbonyl (C=O) groups is 3. The Kier molecular flexibility index (Phi) is 7.29. The van der Waals surface area contributed by atoms with Crippen molar-refractivity contribution in [2.75, 3.05) is 13.7 Å². The monoisotopic (exact) mass is 470 g/mol. The molecule has 2 N–H and O–H groups in total. The molecule has 1 saturated heterocycles. The van der Waals surface area contributed by atoms with Gasteiger partial charge in [0.1, 0.15) is 17.7 Å². The van der Waals surface area contributed by atoms with Crippen LogP contribution < -0.4 is 10.6 Å². The third kappa shape index (κ3) is 5.70. The summed E-state index contributed by atoms with van der Waals surface area (Å²) in [5.74, 6) is -1.14. The quantitative estimate of drug-likeness (QED) is 0.641. The van der Waals surface area contributed by atoms with Crippen LogP contribution >= 0.6 is 15.9 Å². The average molecular weight is 471 g/mol. The van der Waals surface area contributed by atoms with E-state index in [0.29, 0.717) is 5.56 Å². The van der Waals surface area contributed by atoms with Crippen molar-refractivity contribution in [3.8, 4) is 0 Å². The number of hydrogen-bond acceptors (Lipinski definition) is 6. The molecule has 1 aromatic rings. The van der Waals surface area contributed by atoms with Gasteiger partial charge in [0.25, 0.3) is 0 Å². The van der Waals surface area contributed by atoms with Crippen molar-refractivity contribution in [2.45, 2.75) is 57.4 Å². The zero-order valence-electron chi connectivity index (χ0n) is 17.2. The van der Waals surface area contributed by atoms with Crippen molar-refractivity contribution >= 4 is 33.9 Å². The summed E-state index contributed by atoms with van der Waals surface area (Å²) in [6, 6.07) is 6.37. The fourth-order valence-electron chi connectivity index (χ4n) is 3.09. The largest absolute Gasteiger partial charge is 0.467 e. The molecule has 0 bridgehead atoms. The van der Waals surface area contributed by atoms with Crippen molar-refractivity contribution in [3.05, 3.63) is 34.3 Å². The van der Waals surface area contributed by atoms with Gasteiger partial charge in [-0.15, -0.1) is 0 Å². The third-order valence-electron chi connectivity index (χ3n) is 4.43. The summed E-state index contributed by atoms with van der Waals surface area (Å²) < 4.78 is 16.8. The lowest BCUT2D eigenvalue weighted by atomic mass is 9.85. The van der Waals surface area contributed by atoms with Crippen molar-refractivity contribution in [3.63, 3.8) is 0 Å². The van der Waals surface area contributed by atoms with Crippen LogP contribution in [0.1, 0.15) is 45.8 Å². The lowest BCUT2D eigenvalue weighted by Crippen LogP contribution is -2.62. The highest BCUT2D eigenvalue weighted by atomic mass is 79.9. The number of halogens is 1. The molecule has 1 aliphatic rings. The Bertz CT molecular complexity index is 761. The van der Waals surface area contributed by atoms with E-state index in [1.807, 2.05) is 24.3 Å². The molecule has 29 heavy (non-hydrogen) atoms. The number of alkyl carbamates (subject to hydrolysis) is 1. The minimum absolute atomic E-state index is 0.215. The molecule has 0 aromatic heterocycles. The zero-order chi connectivity index (χ0) is 21.8. The number of nitrogens with one attached hydrogen (secondary N) is 2. The second-order valence-corrected chi connectivity index (χ2v) is 8.78. The fourth-order valence-corrected chi connectivity index (χ4v) is 3.36. The maximum atomic E-state index is 13.3. The van der Waals surface area contributed by atoms with Crippen LogP contribution in [0.25, 0.3) is 0 Å². The number of rotatable bonds is 5. The second kappa shape index (κ2) is 9.13. The molecule has 1 heterocycles. The van der Waals surface area contributed by atoms with Gasteiger partial charge in [0, 0.05) is 10.9 Å². The van der Waals surface area contributed by atoms with Gasteiger partial charge in [0.2, 0.25) is 5.91 Å². The van der Waals surface area contributed by atoms with Gasteiger partial charge in [0.05, 0.1) is 13.7 Å². The Morgan fingerprint density at radius 2 is 1.86 bits per heavy atom. The molecule has 0 aliphatic carbocycles. The van der Waals surface area contributed by atoms with E-state index in [1.165, 1.54) is 14.0 Å². The van der Waals surface area contributed by atoms with E-state index in [2.05, 4.69) is 31.3 Å². The summed E-state index contributed by atoms with van der Waals surface area (Å²) in [5.41, 5.74) is -1.48. The smallest absolute Gasteiger partial charge is 0.408 e. The van der Waals surface area contributed by atoms with E-state index >= 15 is 0 Å². The molecule has 0 saturated carbocycles. The molecule has 0 radical (unpaired) electrons. The molecule has 1 aromatic carbocycles. The summed E-state index contributed by atoms with van der Waals surface area (Å²) in [4.78, 5) is 37.6. The highest BCUT2D eigenvalue weighted by Crippen LogP contribution is 2.39. The van der Waals surface area contributed by atoms with E-state index in [-0.39, 0.29) is 13.0 Å². The van der Waals surface area contributed by atoms with E-state index in [9.17, 15) is 14.4 Å². The number of hydrogen-bond donors (Lipinski definition) is 2. The van der Waals surface area contributed by atoms with Crippen LogP contribution in [0.15, 0.2) is 28.7 Å². The topological polar surface area (TPSA) is 103 Å². The van der Waals surface area contributed by atoms with Crippen LogP contribution in [0.3, 0.4) is 0 Å². The molecule has 1 fully saturated rings. The van der Waals surface area contributed by atoms with Gasteiger partial charge in [-0.05, 0) is 45.4 Å². The number of ether oxygens (including phenoxy) is 3. The zero-order valence-corrected chi connectivity index (χ0v) is 18.8. The van der Waals surface area contributed by atoms with Crippen molar-refractivity contribution < 1.29 is 28.6 Å². The number of carbonyl (C=O) groups excluding carboxylic acids is 3. The molecule has 8 nitrogen and oxygen atoms in total. The maximum Gasteiger partial charge on any atom is 0.408 e. The van der Waals surface area contributed by atoms with Crippen LogP contribution in [0, 0.1) is 0 Å². The van der Waals surface area contributed by atoms with E-state index < -0.39 is 41.3 Å². The van der Waals surface area contributed by atoms with Crippen LogP contribution in [0.4, 0.5) is 4.79 Å². The van der Waals surface area contributed by atoms with E-state index in [0.717, 1.165) is 4.47 Å². The highest BCUT2D eigenvalue weighted by Gasteiger charge is 2.53. The Morgan fingerprint density at radius 3 is 2.41 bits per heavy atom. The maximum absolute atomic E-state index is 13.3. The second-order valence-electron chi connectivity index (χ2n) is 7.87. The van der Waals surface area contributed by atoms with E-state index in [1.54, 1.807) is 20.8 Å². The molecule has 9 heteroatoms. The summed E-state index contributed by atoms with van der Waals surface area (Å²) in [6.45, 7) is 6.95. The van der Waals surface area contributed by atoms with Gasteiger partial charge >= 0.3 is 12.1 Å². The predicted molar refractivity (Wildman–Crippen MR) is 109 cm³/mol. The molecule has 160 valence electrons. The summed E-state index contributed by atoms with van der Waals surface area (Å²) in [6.07, 6.45) is -1.29. The Hall–Kier alpha value is -2.13. The molecular formula is C20H27BrN2O6. The first kappa shape index (κ1) is 23.2. The van der Waals surface area contributed by atoms with Gasteiger partial charge in [-0.25, -0.2) is 9.59 Å². The summed E-state index contributed by atoms with van der Waals surface area (Å²) in [7, 11) is 1.24. The lowest BCUT2D eigenvalue weighted by Gasteiger charge is -2.35. The van der Waals surface area contributed by atoms with Crippen molar-refractivity contribution in [1.82, 2.24) is 10.6 Å². The van der Waals surface area contributed by atoms with Crippen molar-refractivity contribution in [1.29, 1.82) is 0 Å². The van der Waals surface area contributed by atoms with Gasteiger partial charge in [-0.2, -0.15) is 0 Å². The number of amides is 2. The van der Waals surface area contributed by atoms with Crippen molar-refractivity contribution in [2.24, 2.45) is 0 Å². The first-order valence-electron chi connectivity index (χ1n) is 9.25. The molecule has 3 atom stereocenters. The Morgan fingerprint density at radius 1 is 1.24 bits per heavy atom. The number of esters is 1. The number of benzene rings is 1. The van der Waals surface area contributed by atoms with Crippen LogP contribution in [-0.2, 0) is 23.8 Å². The average Bonchev–Trinajstić information content (AvgIpc) is 3.04. The molecule has 0 spiro atoms.